The van der Waals surface area contributed by atoms with Gasteiger partial charge in [0, 0.05) is 19.3 Å². The molecule has 2 aliphatic heterocycles. The number of nitrogens with one attached hydrogen (secondary N) is 2. The molecule has 142 valence electrons. The molecule has 2 fully saturated rings. The molecule has 1 aromatic heterocycles. The summed E-state index contributed by atoms with van der Waals surface area (Å²) >= 11 is 0. The third kappa shape index (κ3) is 3.60. The maximum Gasteiger partial charge on any atom is 0.241 e. The number of piperidine rings is 1. The zero-order chi connectivity index (χ0) is 18.9. The number of rotatable bonds is 3. The minimum absolute atomic E-state index is 0.0360. The van der Waals surface area contributed by atoms with E-state index >= 15 is 0 Å². The second-order valence-corrected chi connectivity index (χ2v) is 7.56. The summed E-state index contributed by atoms with van der Waals surface area (Å²) in [4.78, 5) is 19.1. The van der Waals surface area contributed by atoms with E-state index in [0.717, 1.165) is 16.8 Å². The Labute approximate surface area is 159 Å². The molecule has 27 heavy (non-hydrogen) atoms. The molecule has 0 saturated carbocycles. The molecule has 0 aliphatic carbocycles. The van der Waals surface area contributed by atoms with Gasteiger partial charge in [0.1, 0.15) is 6.04 Å². The fourth-order valence-corrected chi connectivity index (χ4v) is 4.18. The van der Waals surface area contributed by atoms with Gasteiger partial charge >= 0.3 is 0 Å². The number of pyridine rings is 1. The van der Waals surface area contributed by atoms with Crippen LogP contribution in [0.4, 0.5) is 0 Å². The van der Waals surface area contributed by atoms with E-state index in [1.165, 1.54) is 0 Å². The second kappa shape index (κ2) is 7.38. The summed E-state index contributed by atoms with van der Waals surface area (Å²) in [5, 5.41) is 11.1. The zero-order valence-corrected chi connectivity index (χ0v) is 15.6. The highest BCUT2D eigenvalue weighted by atomic mass is 16.3. The first-order chi connectivity index (χ1) is 13.1. The van der Waals surface area contributed by atoms with Crippen molar-refractivity contribution in [2.75, 3.05) is 13.1 Å². The lowest BCUT2D eigenvalue weighted by molar-refractivity contribution is -0.137. The van der Waals surface area contributed by atoms with Crippen LogP contribution in [0.3, 0.4) is 0 Å². The van der Waals surface area contributed by atoms with Gasteiger partial charge in [0.05, 0.1) is 17.3 Å². The highest BCUT2D eigenvalue weighted by molar-refractivity contribution is 5.82. The molecular formula is C21H26N4O2. The van der Waals surface area contributed by atoms with Gasteiger partial charge in [0.25, 0.3) is 0 Å². The number of carbonyl (C=O) groups excluding carboxylic acids is 1. The van der Waals surface area contributed by atoms with Crippen LogP contribution in [-0.2, 0) is 10.4 Å². The van der Waals surface area contributed by atoms with Crippen LogP contribution in [-0.4, -0.2) is 40.0 Å². The molecule has 3 heterocycles. The summed E-state index contributed by atoms with van der Waals surface area (Å²) in [5.41, 5.74) is 8.47. The first-order valence-corrected chi connectivity index (χ1v) is 9.56. The first-order valence-electron chi connectivity index (χ1n) is 9.56. The number of likely N-dealkylation sites (tertiary alicyclic amines) is 1. The van der Waals surface area contributed by atoms with E-state index in [2.05, 4.69) is 15.8 Å². The van der Waals surface area contributed by atoms with Gasteiger partial charge in [-0.15, -0.1) is 0 Å². The minimum Gasteiger partial charge on any atom is -0.385 e. The van der Waals surface area contributed by atoms with Crippen molar-refractivity contribution in [1.82, 2.24) is 20.7 Å². The van der Waals surface area contributed by atoms with E-state index in [-0.39, 0.29) is 18.0 Å². The molecule has 2 aliphatic rings. The van der Waals surface area contributed by atoms with E-state index in [0.29, 0.717) is 32.4 Å². The molecule has 4 rings (SSSR count). The number of benzene rings is 1. The monoisotopic (exact) mass is 366 g/mol. The lowest BCUT2D eigenvalue weighted by Gasteiger charge is -2.40. The molecule has 0 radical (unpaired) electrons. The average molecular weight is 366 g/mol. The number of aliphatic hydroxyl groups is 1. The first kappa shape index (κ1) is 18.1. The molecule has 0 spiro atoms. The van der Waals surface area contributed by atoms with Gasteiger partial charge in [0.15, 0.2) is 0 Å². The number of hydrazine groups is 1. The van der Waals surface area contributed by atoms with E-state index < -0.39 is 5.60 Å². The number of aryl methyl sites for hydroxylation is 1. The molecule has 2 unspecified atom stereocenters. The Bertz CT molecular complexity index is 803. The molecular weight excluding hydrogens is 340 g/mol. The topological polar surface area (TPSA) is 77.5 Å². The van der Waals surface area contributed by atoms with Gasteiger partial charge in [-0.25, -0.2) is 10.9 Å². The zero-order valence-electron chi connectivity index (χ0n) is 15.6. The highest BCUT2D eigenvalue weighted by Gasteiger charge is 2.39. The van der Waals surface area contributed by atoms with Crippen LogP contribution in [0.1, 0.15) is 42.1 Å². The number of amides is 1. The van der Waals surface area contributed by atoms with Crippen molar-refractivity contribution in [1.29, 1.82) is 0 Å². The fourth-order valence-electron chi connectivity index (χ4n) is 4.18. The predicted molar refractivity (Wildman–Crippen MR) is 103 cm³/mol. The molecule has 6 heteroatoms. The standard InChI is InChI=1S/C21H26N4O2/c1-15-6-2-3-7-16(15)21(27)9-12-25(13-10-21)20(26)19-14-18(23-24-19)17-8-4-5-11-22-17/h2-8,11,18-19,23-24,27H,9-10,12-14H2,1H3. The Balaban J connectivity index is 1.37. The number of nitrogens with zero attached hydrogens (tertiary/aromatic N) is 2. The number of hydrogen-bond donors (Lipinski definition) is 3. The summed E-state index contributed by atoms with van der Waals surface area (Å²) in [7, 11) is 0. The molecule has 2 atom stereocenters. The summed E-state index contributed by atoms with van der Waals surface area (Å²) in [6.45, 7) is 3.16. The quantitative estimate of drug-likeness (QED) is 0.772. The van der Waals surface area contributed by atoms with Crippen LogP contribution in [0.5, 0.6) is 0 Å². The van der Waals surface area contributed by atoms with Crippen molar-refractivity contribution in [2.45, 2.75) is 43.9 Å². The van der Waals surface area contributed by atoms with Crippen molar-refractivity contribution >= 4 is 5.91 Å². The number of hydrogen-bond acceptors (Lipinski definition) is 5. The summed E-state index contributed by atoms with van der Waals surface area (Å²) < 4.78 is 0. The van der Waals surface area contributed by atoms with Gasteiger partial charge in [-0.1, -0.05) is 30.3 Å². The van der Waals surface area contributed by atoms with Crippen molar-refractivity contribution < 1.29 is 9.90 Å². The maximum absolute atomic E-state index is 12.9. The Morgan fingerprint density at radius 2 is 1.89 bits per heavy atom. The van der Waals surface area contributed by atoms with Gasteiger partial charge in [-0.2, -0.15) is 0 Å². The summed E-state index contributed by atoms with van der Waals surface area (Å²) in [5.74, 6) is 0.0905. The molecule has 0 bridgehead atoms. The number of aromatic nitrogens is 1. The van der Waals surface area contributed by atoms with Crippen molar-refractivity contribution in [3.8, 4) is 0 Å². The lowest BCUT2D eigenvalue weighted by atomic mass is 9.82. The van der Waals surface area contributed by atoms with Gasteiger partial charge in [0.2, 0.25) is 5.91 Å². The van der Waals surface area contributed by atoms with Crippen LogP contribution in [0.25, 0.3) is 0 Å². The van der Waals surface area contributed by atoms with Gasteiger partial charge in [-0.05, 0) is 49.4 Å². The lowest BCUT2D eigenvalue weighted by Crippen LogP contribution is -2.51. The molecule has 1 aromatic carbocycles. The third-order valence-electron chi connectivity index (χ3n) is 5.79. The average Bonchev–Trinajstić information content (AvgIpc) is 3.19. The maximum atomic E-state index is 12.9. The SMILES string of the molecule is Cc1ccccc1C1(O)CCN(C(=O)C2CC(c3ccccn3)NN2)CC1. The Hall–Kier alpha value is -2.28. The highest BCUT2D eigenvalue weighted by Crippen LogP contribution is 2.35. The van der Waals surface area contributed by atoms with Gasteiger partial charge < -0.3 is 10.0 Å². The summed E-state index contributed by atoms with van der Waals surface area (Å²) in [6.07, 6.45) is 3.57. The van der Waals surface area contributed by atoms with Crippen molar-refractivity contribution in [3.05, 3.63) is 65.5 Å². The van der Waals surface area contributed by atoms with Crippen LogP contribution < -0.4 is 10.9 Å². The Morgan fingerprint density at radius 3 is 2.59 bits per heavy atom. The number of carbonyl (C=O) groups is 1. The Kier molecular flexibility index (Phi) is 4.95. The molecule has 1 amide bonds. The minimum atomic E-state index is -0.847. The van der Waals surface area contributed by atoms with E-state index in [9.17, 15) is 9.90 Å². The van der Waals surface area contributed by atoms with E-state index in [4.69, 9.17) is 0 Å². The third-order valence-corrected chi connectivity index (χ3v) is 5.79. The molecule has 3 N–H and O–H groups in total. The fraction of sp³-hybridized carbons (Fsp3) is 0.429. The van der Waals surface area contributed by atoms with E-state index in [1.54, 1.807) is 6.20 Å². The molecule has 2 aromatic rings. The normalized spacial score (nSPS) is 24.7. The van der Waals surface area contributed by atoms with Crippen LogP contribution in [0.15, 0.2) is 48.7 Å². The smallest absolute Gasteiger partial charge is 0.241 e. The van der Waals surface area contributed by atoms with Crippen molar-refractivity contribution in [3.63, 3.8) is 0 Å². The molecule has 6 nitrogen and oxygen atoms in total. The van der Waals surface area contributed by atoms with E-state index in [1.807, 2.05) is 54.3 Å². The van der Waals surface area contributed by atoms with Crippen LogP contribution >= 0.6 is 0 Å². The largest absolute Gasteiger partial charge is 0.385 e. The van der Waals surface area contributed by atoms with Gasteiger partial charge in [-0.3, -0.25) is 9.78 Å². The predicted octanol–water partition coefficient (Wildman–Crippen LogP) is 1.81. The van der Waals surface area contributed by atoms with Crippen LogP contribution in [0, 0.1) is 6.92 Å². The summed E-state index contributed by atoms with van der Waals surface area (Å²) in [6, 6.07) is 13.5. The van der Waals surface area contributed by atoms with Crippen LogP contribution in [0.2, 0.25) is 0 Å². The molecule has 2 saturated heterocycles. The Morgan fingerprint density at radius 1 is 1.15 bits per heavy atom. The van der Waals surface area contributed by atoms with Crippen molar-refractivity contribution in [2.24, 2.45) is 0 Å². The second-order valence-electron chi connectivity index (χ2n) is 7.56.